The minimum Gasteiger partial charge on any atom is -0.340 e. The highest BCUT2D eigenvalue weighted by Crippen LogP contribution is 2.40. The number of carbonyl (C=O) groups is 1. The quantitative estimate of drug-likeness (QED) is 0.377. The van der Waals surface area contributed by atoms with Crippen LogP contribution >= 0.6 is 22.9 Å². The summed E-state index contributed by atoms with van der Waals surface area (Å²) in [5.74, 6) is 1.10. The number of carbonyl (C=O) groups excluding carboxylic acids is 1. The summed E-state index contributed by atoms with van der Waals surface area (Å²) < 4.78 is 0. The van der Waals surface area contributed by atoms with Crippen LogP contribution in [0.25, 0.3) is 21.5 Å². The third kappa shape index (κ3) is 3.61. The number of nitrogens with zero attached hydrogens (tertiary/aromatic N) is 3. The molecule has 0 unspecified atom stereocenters. The highest BCUT2D eigenvalue weighted by molar-refractivity contribution is 7.15. The van der Waals surface area contributed by atoms with Crippen LogP contribution < -0.4 is 0 Å². The maximum atomic E-state index is 13.8. The first-order valence-corrected chi connectivity index (χ1v) is 12.0. The second-order valence-corrected chi connectivity index (χ2v) is 10.4. The molecular formula is C25H25ClN4OS. The van der Waals surface area contributed by atoms with Crippen molar-refractivity contribution in [1.82, 2.24) is 19.9 Å². The zero-order valence-corrected chi connectivity index (χ0v) is 20.1. The number of imidazole rings is 1. The average molecular weight is 465 g/mol. The Morgan fingerprint density at radius 2 is 2.00 bits per heavy atom. The van der Waals surface area contributed by atoms with Gasteiger partial charge >= 0.3 is 0 Å². The number of fused-ring (bicyclic) bond motifs is 1. The highest BCUT2D eigenvalue weighted by atomic mass is 35.5. The summed E-state index contributed by atoms with van der Waals surface area (Å²) in [4.78, 5) is 29.7. The van der Waals surface area contributed by atoms with Gasteiger partial charge in [0.1, 0.15) is 11.5 Å². The fourth-order valence-corrected chi connectivity index (χ4v) is 5.85. The Kier molecular flexibility index (Phi) is 5.30. The van der Waals surface area contributed by atoms with E-state index in [0.717, 1.165) is 44.3 Å². The predicted octanol–water partition coefficient (Wildman–Crippen LogP) is 6.49. The number of hydrogen-bond donors (Lipinski definition) is 1. The van der Waals surface area contributed by atoms with Crippen LogP contribution in [0.2, 0.25) is 5.02 Å². The number of halogens is 1. The summed E-state index contributed by atoms with van der Waals surface area (Å²) in [7, 11) is 0. The van der Waals surface area contributed by atoms with Gasteiger partial charge in [-0.2, -0.15) is 0 Å². The molecule has 5 rings (SSSR count). The van der Waals surface area contributed by atoms with Gasteiger partial charge in [-0.1, -0.05) is 36.7 Å². The van der Waals surface area contributed by atoms with Crippen molar-refractivity contribution < 1.29 is 4.79 Å². The fraction of sp³-hybridized carbons (Fsp3) is 0.320. The van der Waals surface area contributed by atoms with E-state index in [1.807, 2.05) is 36.1 Å². The van der Waals surface area contributed by atoms with E-state index in [0.29, 0.717) is 23.2 Å². The molecule has 1 N–H and O–H groups in total. The van der Waals surface area contributed by atoms with Crippen LogP contribution in [-0.2, 0) is 0 Å². The second kappa shape index (κ2) is 8.01. The van der Waals surface area contributed by atoms with E-state index >= 15 is 0 Å². The van der Waals surface area contributed by atoms with Crippen molar-refractivity contribution >= 4 is 39.9 Å². The summed E-state index contributed by atoms with van der Waals surface area (Å²) in [6, 6.07) is 11.8. The van der Waals surface area contributed by atoms with Crippen molar-refractivity contribution in [3.63, 3.8) is 0 Å². The molecule has 1 fully saturated rings. The van der Waals surface area contributed by atoms with Crippen LogP contribution in [0.15, 0.2) is 36.4 Å². The Morgan fingerprint density at radius 1 is 1.19 bits per heavy atom. The number of thiazole rings is 1. The van der Waals surface area contributed by atoms with E-state index < -0.39 is 0 Å². The number of aryl methyl sites for hydroxylation is 3. The Bertz CT molecular complexity index is 1340. The lowest BCUT2D eigenvalue weighted by atomic mass is 10.0. The van der Waals surface area contributed by atoms with Crippen LogP contribution in [0.4, 0.5) is 0 Å². The second-order valence-electron chi connectivity index (χ2n) is 8.73. The molecule has 32 heavy (non-hydrogen) atoms. The third-order valence-electron chi connectivity index (χ3n) is 6.20. The summed E-state index contributed by atoms with van der Waals surface area (Å²) in [5.41, 5.74) is 5.75. The van der Waals surface area contributed by atoms with Gasteiger partial charge in [0, 0.05) is 11.6 Å². The zero-order chi connectivity index (χ0) is 22.6. The average Bonchev–Trinajstić information content (AvgIpc) is 3.43. The number of rotatable bonds is 3. The standard InChI is InChI=1S/C25H25ClN4OS/c1-13-10-15(3)20-19(11-13)28-24(29-20)22-14(2)8-9-30(22)25(31)21-23(32-16(4)27-21)17-6-5-7-18(26)12-17/h5-7,10-12,14,22H,8-9H2,1-4H3,(H,28,29)/t14-,22-/m0/s1. The first-order valence-electron chi connectivity index (χ1n) is 10.8. The number of likely N-dealkylation sites (tertiary alicyclic amines) is 1. The maximum Gasteiger partial charge on any atom is 0.274 e. The van der Waals surface area contributed by atoms with Gasteiger partial charge in [0.2, 0.25) is 0 Å². The van der Waals surface area contributed by atoms with Gasteiger partial charge < -0.3 is 9.88 Å². The van der Waals surface area contributed by atoms with Crippen LogP contribution in [0.3, 0.4) is 0 Å². The van der Waals surface area contributed by atoms with Crippen molar-refractivity contribution in [2.24, 2.45) is 5.92 Å². The largest absolute Gasteiger partial charge is 0.340 e. The molecule has 5 nitrogen and oxygen atoms in total. The zero-order valence-electron chi connectivity index (χ0n) is 18.6. The summed E-state index contributed by atoms with van der Waals surface area (Å²) in [5, 5.41) is 1.51. The van der Waals surface area contributed by atoms with Crippen molar-refractivity contribution in [2.45, 2.75) is 40.2 Å². The Labute approximate surface area is 196 Å². The molecule has 2 atom stereocenters. The molecule has 164 valence electrons. The minimum absolute atomic E-state index is 0.0490. The number of aromatic amines is 1. The molecule has 1 saturated heterocycles. The monoisotopic (exact) mass is 464 g/mol. The van der Waals surface area contributed by atoms with Crippen LogP contribution in [0, 0.1) is 26.7 Å². The van der Waals surface area contributed by atoms with Gasteiger partial charge in [-0.15, -0.1) is 11.3 Å². The predicted molar refractivity (Wildman–Crippen MR) is 130 cm³/mol. The number of hydrogen-bond acceptors (Lipinski definition) is 4. The fourth-order valence-electron chi connectivity index (χ4n) is 4.76. The van der Waals surface area contributed by atoms with Gasteiger partial charge in [-0.25, -0.2) is 9.97 Å². The van der Waals surface area contributed by atoms with Gasteiger partial charge in [0.05, 0.1) is 27.0 Å². The molecule has 2 aromatic carbocycles. The SMILES string of the molecule is Cc1cc(C)c2nc([C@@H]3[C@@H](C)CCN3C(=O)c3nc(C)sc3-c3cccc(Cl)c3)[nH]c2c1. The molecule has 0 saturated carbocycles. The van der Waals surface area contributed by atoms with Gasteiger partial charge in [-0.3, -0.25) is 4.79 Å². The van der Waals surface area contributed by atoms with E-state index in [1.165, 1.54) is 16.9 Å². The molecule has 1 aliphatic rings. The van der Waals surface area contributed by atoms with E-state index in [9.17, 15) is 4.79 Å². The smallest absolute Gasteiger partial charge is 0.274 e. The lowest BCUT2D eigenvalue weighted by molar-refractivity contribution is 0.0710. The Morgan fingerprint density at radius 3 is 2.78 bits per heavy atom. The minimum atomic E-state index is -0.108. The van der Waals surface area contributed by atoms with Crippen LogP contribution in [-0.4, -0.2) is 32.3 Å². The molecule has 1 aliphatic heterocycles. The van der Waals surface area contributed by atoms with E-state index in [4.69, 9.17) is 16.6 Å². The van der Waals surface area contributed by atoms with E-state index in [1.54, 1.807) is 0 Å². The third-order valence-corrected chi connectivity index (χ3v) is 7.46. The number of amides is 1. The van der Waals surface area contributed by atoms with Gasteiger partial charge in [0.15, 0.2) is 0 Å². The molecule has 0 radical (unpaired) electrons. The summed E-state index contributed by atoms with van der Waals surface area (Å²) in [6.07, 6.45) is 0.932. The van der Waals surface area contributed by atoms with Gasteiger partial charge in [0.25, 0.3) is 5.91 Å². The van der Waals surface area contributed by atoms with Crippen LogP contribution in [0.1, 0.15) is 51.8 Å². The highest BCUT2D eigenvalue weighted by Gasteiger charge is 2.39. The molecule has 0 bridgehead atoms. The topological polar surface area (TPSA) is 61.9 Å². The van der Waals surface area contributed by atoms with E-state index in [-0.39, 0.29) is 11.9 Å². The number of nitrogens with one attached hydrogen (secondary N) is 1. The molecule has 7 heteroatoms. The van der Waals surface area contributed by atoms with Crippen molar-refractivity contribution in [3.8, 4) is 10.4 Å². The Balaban J connectivity index is 1.55. The van der Waals surface area contributed by atoms with Crippen LogP contribution in [0.5, 0.6) is 0 Å². The van der Waals surface area contributed by atoms with Crippen molar-refractivity contribution in [3.05, 3.63) is 69.1 Å². The lowest BCUT2D eigenvalue weighted by Gasteiger charge is -2.25. The Hall–Kier alpha value is -2.70. The first kappa shape index (κ1) is 21.2. The molecular weight excluding hydrogens is 440 g/mol. The van der Waals surface area contributed by atoms with Gasteiger partial charge in [-0.05, 0) is 68.0 Å². The normalized spacial score (nSPS) is 18.6. The first-order chi connectivity index (χ1) is 15.3. The van der Waals surface area contributed by atoms with Crippen molar-refractivity contribution in [2.75, 3.05) is 6.54 Å². The summed E-state index contributed by atoms with van der Waals surface area (Å²) in [6.45, 7) is 8.97. The maximum absolute atomic E-state index is 13.8. The summed E-state index contributed by atoms with van der Waals surface area (Å²) >= 11 is 7.75. The van der Waals surface area contributed by atoms with E-state index in [2.05, 4.69) is 42.9 Å². The number of benzene rings is 2. The molecule has 4 aromatic rings. The number of H-pyrrole nitrogens is 1. The number of aromatic nitrogens is 3. The molecule has 1 amide bonds. The molecule has 2 aromatic heterocycles. The van der Waals surface area contributed by atoms with Crippen molar-refractivity contribution in [1.29, 1.82) is 0 Å². The molecule has 3 heterocycles. The lowest BCUT2D eigenvalue weighted by Crippen LogP contribution is -2.33. The molecule has 0 spiro atoms. The molecule has 0 aliphatic carbocycles.